The van der Waals surface area contributed by atoms with Gasteiger partial charge in [-0.1, -0.05) is 77.2 Å². The van der Waals surface area contributed by atoms with E-state index in [0.717, 1.165) is 27.3 Å². The number of aromatic nitrogens is 1. The summed E-state index contributed by atoms with van der Waals surface area (Å²) < 4.78 is 5.92. The SMILES string of the molecule is O=C1[C@H]2[C@H](c3ccc(OCc4ccc(Cl)cc4)cc3)c3sc(=O)[nH]c3S[C@H]2C(=O)N1c1ccccc1. The number of aromatic amines is 1. The van der Waals surface area contributed by atoms with Gasteiger partial charge in [-0.15, -0.1) is 0 Å². The summed E-state index contributed by atoms with van der Waals surface area (Å²) in [5.41, 5.74) is 2.41. The fraction of sp³-hybridized carbons (Fsp3) is 0.148. The molecule has 0 unspecified atom stereocenters. The number of anilines is 1. The van der Waals surface area contributed by atoms with Gasteiger partial charge < -0.3 is 9.72 Å². The molecule has 2 aliphatic rings. The van der Waals surface area contributed by atoms with Crippen molar-refractivity contribution < 1.29 is 14.3 Å². The number of benzene rings is 3. The van der Waals surface area contributed by atoms with Crippen LogP contribution in [0.1, 0.15) is 21.9 Å². The highest BCUT2D eigenvalue weighted by Gasteiger charge is 2.56. The minimum atomic E-state index is -0.610. The number of rotatable bonds is 5. The third-order valence-electron chi connectivity index (χ3n) is 6.40. The normalized spacial score (nSPS) is 20.8. The van der Waals surface area contributed by atoms with Gasteiger partial charge in [-0.05, 0) is 47.5 Å². The van der Waals surface area contributed by atoms with Gasteiger partial charge in [-0.2, -0.15) is 0 Å². The maximum absolute atomic E-state index is 13.7. The molecule has 1 fully saturated rings. The molecule has 2 amide bonds. The van der Waals surface area contributed by atoms with Gasteiger partial charge in [-0.3, -0.25) is 14.4 Å². The zero-order valence-electron chi connectivity index (χ0n) is 18.7. The molecule has 6 nitrogen and oxygen atoms in total. The Labute approximate surface area is 219 Å². The average Bonchev–Trinajstić information content (AvgIpc) is 3.39. The summed E-state index contributed by atoms with van der Waals surface area (Å²) >= 11 is 8.32. The van der Waals surface area contributed by atoms with Crippen molar-refractivity contribution in [2.75, 3.05) is 4.90 Å². The molecule has 1 aromatic heterocycles. The van der Waals surface area contributed by atoms with E-state index in [-0.39, 0.29) is 16.7 Å². The number of carbonyl (C=O) groups excluding carboxylic acids is 2. The molecular formula is C27H19ClN2O4S2. The van der Waals surface area contributed by atoms with Crippen LogP contribution in [0.2, 0.25) is 5.02 Å². The number of carbonyl (C=O) groups is 2. The first-order chi connectivity index (χ1) is 17.5. The van der Waals surface area contributed by atoms with Crippen LogP contribution in [0.25, 0.3) is 0 Å². The number of hydrogen-bond acceptors (Lipinski definition) is 6. The Bertz CT molecular complexity index is 1500. The van der Waals surface area contributed by atoms with Crippen LogP contribution in [0.4, 0.5) is 5.69 Å². The summed E-state index contributed by atoms with van der Waals surface area (Å²) in [7, 11) is 0. The summed E-state index contributed by atoms with van der Waals surface area (Å²) in [4.78, 5) is 44.1. The Balaban J connectivity index is 1.32. The smallest absolute Gasteiger partial charge is 0.305 e. The first kappa shape index (κ1) is 23.1. The van der Waals surface area contributed by atoms with Crippen molar-refractivity contribution in [1.82, 2.24) is 4.98 Å². The van der Waals surface area contributed by atoms with E-state index in [0.29, 0.717) is 28.1 Å². The van der Waals surface area contributed by atoms with Gasteiger partial charge >= 0.3 is 4.87 Å². The van der Waals surface area contributed by atoms with Crippen molar-refractivity contribution in [3.8, 4) is 5.75 Å². The van der Waals surface area contributed by atoms with Crippen molar-refractivity contribution in [2.45, 2.75) is 22.8 Å². The molecule has 9 heteroatoms. The topological polar surface area (TPSA) is 79.5 Å². The number of thioether (sulfide) groups is 1. The number of halogens is 1. The second-order valence-corrected chi connectivity index (χ2v) is 11.2. The maximum Gasteiger partial charge on any atom is 0.305 e. The van der Waals surface area contributed by atoms with Crippen molar-refractivity contribution >= 4 is 52.2 Å². The fourth-order valence-electron chi connectivity index (χ4n) is 4.73. The number of imide groups is 1. The number of thiazole rings is 1. The van der Waals surface area contributed by atoms with Gasteiger partial charge in [0, 0.05) is 15.8 Å². The molecule has 2 aliphatic heterocycles. The van der Waals surface area contributed by atoms with Crippen molar-refractivity contribution in [3.05, 3.63) is 110 Å². The largest absolute Gasteiger partial charge is 0.489 e. The van der Waals surface area contributed by atoms with E-state index in [1.165, 1.54) is 16.7 Å². The molecule has 3 aromatic carbocycles. The second-order valence-electron chi connectivity index (χ2n) is 8.58. The van der Waals surface area contributed by atoms with E-state index >= 15 is 0 Å². The van der Waals surface area contributed by atoms with Crippen LogP contribution in [-0.2, 0) is 16.2 Å². The maximum atomic E-state index is 13.7. The van der Waals surface area contributed by atoms with E-state index in [1.54, 1.807) is 24.3 Å². The molecule has 0 radical (unpaired) electrons. The standard InChI is InChI=1S/C27H19ClN2O4S2/c28-17-10-6-15(7-11-17)14-34-19-12-8-16(9-13-19)20-21-23(35-24-22(20)36-27(33)29-24)26(32)30(25(21)31)18-4-2-1-3-5-18/h1-13,20-21,23H,14H2,(H,29,33)/t20-,21-,23+/m0/s1. The van der Waals surface area contributed by atoms with Crippen molar-refractivity contribution in [2.24, 2.45) is 5.92 Å². The number of para-hydroxylation sites is 1. The zero-order valence-corrected chi connectivity index (χ0v) is 21.1. The van der Waals surface area contributed by atoms with Gasteiger partial charge in [0.25, 0.3) is 0 Å². The fourth-order valence-corrected chi connectivity index (χ4v) is 7.37. The third-order valence-corrected chi connectivity index (χ3v) is 9.05. The predicted molar refractivity (Wildman–Crippen MR) is 141 cm³/mol. The molecule has 1 saturated heterocycles. The van der Waals surface area contributed by atoms with Gasteiger partial charge in [-0.25, -0.2) is 4.90 Å². The molecule has 3 atom stereocenters. The summed E-state index contributed by atoms with van der Waals surface area (Å²) in [5.74, 6) is -0.846. The summed E-state index contributed by atoms with van der Waals surface area (Å²) in [5, 5.41) is 0.723. The second kappa shape index (κ2) is 9.28. The Morgan fingerprint density at radius 3 is 2.33 bits per heavy atom. The molecule has 1 N–H and O–H groups in total. The lowest BCUT2D eigenvalue weighted by Gasteiger charge is -2.29. The van der Waals surface area contributed by atoms with Crippen molar-refractivity contribution in [1.29, 1.82) is 0 Å². The minimum Gasteiger partial charge on any atom is -0.489 e. The molecule has 3 heterocycles. The lowest BCUT2D eigenvalue weighted by atomic mass is 9.83. The molecule has 180 valence electrons. The minimum absolute atomic E-state index is 0.194. The van der Waals surface area contributed by atoms with Gasteiger partial charge in [0.15, 0.2) is 0 Å². The van der Waals surface area contributed by atoms with Gasteiger partial charge in [0.1, 0.15) is 17.6 Å². The van der Waals surface area contributed by atoms with Crippen LogP contribution >= 0.6 is 34.7 Å². The predicted octanol–water partition coefficient (Wildman–Crippen LogP) is 5.46. The Morgan fingerprint density at radius 1 is 0.889 bits per heavy atom. The van der Waals surface area contributed by atoms with Crippen LogP contribution in [0, 0.1) is 5.92 Å². The van der Waals surface area contributed by atoms with E-state index in [4.69, 9.17) is 16.3 Å². The van der Waals surface area contributed by atoms with E-state index in [2.05, 4.69) is 4.98 Å². The van der Waals surface area contributed by atoms with Crippen LogP contribution in [0.3, 0.4) is 0 Å². The number of nitrogens with one attached hydrogen (secondary N) is 1. The lowest BCUT2D eigenvalue weighted by molar-refractivity contribution is -0.122. The molecule has 0 saturated carbocycles. The number of ether oxygens (including phenoxy) is 1. The van der Waals surface area contributed by atoms with E-state index in [1.807, 2.05) is 54.6 Å². The number of hydrogen-bond donors (Lipinski definition) is 1. The zero-order chi connectivity index (χ0) is 24.8. The van der Waals surface area contributed by atoms with Crippen LogP contribution in [-0.4, -0.2) is 22.0 Å². The summed E-state index contributed by atoms with van der Waals surface area (Å²) in [6.07, 6.45) is 0. The van der Waals surface area contributed by atoms with Crippen LogP contribution < -0.4 is 14.5 Å². The molecule has 36 heavy (non-hydrogen) atoms. The average molecular weight is 535 g/mol. The first-order valence-corrected chi connectivity index (χ1v) is 13.4. The molecule has 0 bridgehead atoms. The number of amides is 2. The van der Waals surface area contributed by atoms with Gasteiger partial charge in [0.2, 0.25) is 11.8 Å². The summed E-state index contributed by atoms with van der Waals surface area (Å²) in [6, 6.07) is 24.0. The molecule has 0 spiro atoms. The lowest BCUT2D eigenvalue weighted by Crippen LogP contribution is -2.32. The third kappa shape index (κ3) is 4.05. The number of fused-ring (bicyclic) bond motifs is 2. The number of nitrogens with zero attached hydrogens (tertiary/aromatic N) is 1. The highest BCUT2D eigenvalue weighted by Crippen LogP contribution is 2.53. The Kier molecular flexibility index (Phi) is 5.95. The van der Waals surface area contributed by atoms with E-state index in [9.17, 15) is 14.4 Å². The Hall–Kier alpha value is -3.33. The van der Waals surface area contributed by atoms with E-state index < -0.39 is 17.1 Å². The van der Waals surface area contributed by atoms with Crippen LogP contribution in [0.5, 0.6) is 5.75 Å². The quantitative estimate of drug-likeness (QED) is 0.344. The van der Waals surface area contributed by atoms with Gasteiger partial charge in [0.05, 0.1) is 16.6 Å². The molecule has 0 aliphatic carbocycles. The monoisotopic (exact) mass is 534 g/mol. The van der Waals surface area contributed by atoms with Crippen LogP contribution in [0.15, 0.2) is 88.7 Å². The molecular weight excluding hydrogens is 516 g/mol. The summed E-state index contributed by atoms with van der Waals surface area (Å²) in [6.45, 7) is 0.393. The molecule has 6 rings (SSSR count). The number of H-pyrrole nitrogens is 1. The highest BCUT2D eigenvalue weighted by molar-refractivity contribution is 8.00. The highest BCUT2D eigenvalue weighted by atomic mass is 35.5. The molecule has 4 aromatic rings. The van der Waals surface area contributed by atoms with Crippen molar-refractivity contribution in [3.63, 3.8) is 0 Å². The Morgan fingerprint density at radius 2 is 1.61 bits per heavy atom. The first-order valence-electron chi connectivity index (χ1n) is 11.3.